The Morgan fingerprint density at radius 2 is 1.80 bits per heavy atom. The van der Waals surface area contributed by atoms with Crippen molar-refractivity contribution >= 4 is 0 Å². The highest BCUT2D eigenvalue weighted by Gasteiger charge is 2.34. The fourth-order valence-electron chi connectivity index (χ4n) is 2.20. The summed E-state index contributed by atoms with van der Waals surface area (Å²) in [5, 5.41) is 0. The zero-order chi connectivity index (χ0) is 13.8. The van der Waals surface area contributed by atoms with Gasteiger partial charge in [0.05, 0.1) is 20.3 Å². The molecule has 0 N–H and O–H groups in total. The highest BCUT2D eigenvalue weighted by Crippen LogP contribution is 2.31. The van der Waals surface area contributed by atoms with Crippen LogP contribution < -0.4 is 4.74 Å². The van der Waals surface area contributed by atoms with Gasteiger partial charge in [0.1, 0.15) is 18.0 Å². The van der Waals surface area contributed by atoms with E-state index >= 15 is 0 Å². The van der Waals surface area contributed by atoms with E-state index in [1.165, 1.54) is 5.56 Å². The zero-order valence-corrected chi connectivity index (χ0v) is 11.5. The van der Waals surface area contributed by atoms with Crippen molar-refractivity contribution in [2.75, 3.05) is 13.7 Å². The van der Waals surface area contributed by atoms with E-state index in [-0.39, 0.29) is 12.2 Å². The standard InChI is InChI=1S/C17H18O3/c1-18-15-9-7-13(8-10-15)11-20-17(16-12-19-16)14-5-3-2-4-6-14/h2-10,16-17H,11-12H2,1H3/t16-,17-/m0/s1. The molecule has 3 rings (SSSR count). The number of hydrogen-bond acceptors (Lipinski definition) is 3. The van der Waals surface area contributed by atoms with Crippen molar-refractivity contribution < 1.29 is 14.2 Å². The summed E-state index contributed by atoms with van der Waals surface area (Å²) in [4.78, 5) is 0. The number of hydrogen-bond donors (Lipinski definition) is 0. The quantitative estimate of drug-likeness (QED) is 0.754. The summed E-state index contributed by atoms with van der Waals surface area (Å²) in [6, 6.07) is 18.2. The first-order valence-electron chi connectivity index (χ1n) is 6.78. The van der Waals surface area contributed by atoms with Crippen molar-refractivity contribution in [1.82, 2.24) is 0 Å². The van der Waals surface area contributed by atoms with E-state index in [9.17, 15) is 0 Å². The molecule has 0 unspecified atom stereocenters. The Hall–Kier alpha value is -1.84. The summed E-state index contributed by atoms with van der Waals surface area (Å²) in [6.07, 6.45) is 0.203. The average molecular weight is 270 g/mol. The maximum atomic E-state index is 6.05. The summed E-state index contributed by atoms with van der Waals surface area (Å²) in [5.41, 5.74) is 2.30. The van der Waals surface area contributed by atoms with Gasteiger partial charge in [-0.1, -0.05) is 42.5 Å². The van der Waals surface area contributed by atoms with Gasteiger partial charge in [0, 0.05) is 0 Å². The van der Waals surface area contributed by atoms with Crippen LogP contribution in [0.1, 0.15) is 17.2 Å². The summed E-state index contributed by atoms with van der Waals surface area (Å²) in [6.45, 7) is 1.35. The van der Waals surface area contributed by atoms with Gasteiger partial charge >= 0.3 is 0 Å². The van der Waals surface area contributed by atoms with E-state index in [0.29, 0.717) is 6.61 Å². The van der Waals surface area contributed by atoms with Crippen LogP contribution in [0.25, 0.3) is 0 Å². The van der Waals surface area contributed by atoms with Crippen molar-refractivity contribution in [3.05, 3.63) is 65.7 Å². The lowest BCUT2D eigenvalue weighted by molar-refractivity contribution is 0.0203. The minimum atomic E-state index is 0.0123. The molecular weight excluding hydrogens is 252 g/mol. The molecule has 104 valence electrons. The molecule has 1 aliphatic heterocycles. The molecule has 1 fully saturated rings. The lowest BCUT2D eigenvalue weighted by Gasteiger charge is -2.16. The summed E-state index contributed by atoms with van der Waals surface area (Å²) in [7, 11) is 1.67. The Bertz CT molecular complexity index is 532. The molecule has 3 heteroatoms. The first-order valence-corrected chi connectivity index (χ1v) is 6.78. The van der Waals surface area contributed by atoms with Gasteiger partial charge in [0.2, 0.25) is 0 Å². The highest BCUT2D eigenvalue weighted by atomic mass is 16.6. The fraction of sp³-hybridized carbons (Fsp3) is 0.294. The average Bonchev–Trinajstić information content (AvgIpc) is 3.34. The molecule has 0 bridgehead atoms. The van der Waals surface area contributed by atoms with E-state index in [4.69, 9.17) is 14.2 Å². The van der Waals surface area contributed by atoms with Gasteiger partial charge in [-0.15, -0.1) is 0 Å². The van der Waals surface area contributed by atoms with E-state index in [2.05, 4.69) is 12.1 Å². The van der Waals surface area contributed by atoms with Crippen LogP contribution in [0.5, 0.6) is 5.75 Å². The molecule has 1 aliphatic rings. The maximum absolute atomic E-state index is 6.05. The maximum Gasteiger partial charge on any atom is 0.118 e. The van der Waals surface area contributed by atoms with Crippen molar-refractivity contribution in [2.24, 2.45) is 0 Å². The molecule has 3 nitrogen and oxygen atoms in total. The van der Waals surface area contributed by atoms with E-state index in [1.807, 2.05) is 42.5 Å². The van der Waals surface area contributed by atoms with Crippen molar-refractivity contribution in [3.63, 3.8) is 0 Å². The van der Waals surface area contributed by atoms with Gasteiger partial charge in [-0.3, -0.25) is 0 Å². The SMILES string of the molecule is COc1ccc(CO[C@@H](c2ccccc2)[C@@H]2CO2)cc1. The molecule has 2 aromatic rings. The van der Waals surface area contributed by atoms with Crippen LogP contribution in [0.4, 0.5) is 0 Å². The number of benzene rings is 2. The first-order chi connectivity index (χ1) is 9.86. The Labute approximate surface area is 119 Å². The Kier molecular flexibility index (Phi) is 4.00. The van der Waals surface area contributed by atoms with E-state index in [0.717, 1.165) is 17.9 Å². The molecule has 0 amide bonds. The second kappa shape index (κ2) is 6.07. The minimum Gasteiger partial charge on any atom is -0.497 e. The summed E-state index contributed by atoms with van der Waals surface area (Å²) < 4.78 is 16.6. The highest BCUT2D eigenvalue weighted by molar-refractivity contribution is 5.27. The third-order valence-corrected chi connectivity index (χ3v) is 3.41. The fourth-order valence-corrected chi connectivity index (χ4v) is 2.20. The van der Waals surface area contributed by atoms with Gasteiger partial charge in [0.15, 0.2) is 0 Å². The molecular formula is C17H18O3. The van der Waals surface area contributed by atoms with Crippen LogP contribution in [0.2, 0.25) is 0 Å². The molecule has 2 aromatic carbocycles. The molecule has 1 saturated heterocycles. The topological polar surface area (TPSA) is 31.0 Å². The van der Waals surface area contributed by atoms with Gasteiger partial charge in [-0.05, 0) is 23.3 Å². The zero-order valence-electron chi connectivity index (χ0n) is 11.5. The minimum absolute atomic E-state index is 0.0123. The predicted molar refractivity (Wildman–Crippen MR) is 76.7 cm³/mol. The first kappa shape index (κ1) is 13.2. The number of rotatable bonds is 6. The second-order valence-corrected chi connectivity index (χ2v) is 4.86. The molecule has 0 aliphatic carbocycles. The van der Waals surface area contributed by atoms with Crippen molar-refractivity contribution in [1.29, 1.82) is 0 Å². The Morgan fingerprint density at radius 3 is 2.40 bits per heavy atom. The van der Waals surface area contributed by atoms with Crippen LogP contribution in [0, 0.1) is 0 Å². The normalized spacial score (nSPS) is 18.6. The third-order valence-electron chi connectivity index (χ3n) is 3.41. The summed E-state index contributed by atoms with van der Waals surface area (Å²) >= 11 is 0. The molecule has 1 heterocycles. The van der Waals surface area contributed by atoms with Crippen LogP contribution in [0.15, 0.2) is 54.6 Å². The van der Waals surface area contributed by atoms with E-state index in [1.54, 1.807) is 7.11 Å². The van der Waals surface area contributed by atoms with Crippen LogP contribution in [-0.4, -0.2) is 19.8 Å². The molecule has 0 radical (unpaired) electrons. The van der Waals surface area contributed by atoms with Crippen molar-refractivity contribution in [3.8, 4) is 5.75 Å². The van der Waals surface area contributed by atoms with Crippen LogP contribution in [0.3, 0.4) is 0 Å². The Balaban J connectivity index is 1.65. The smallest absolute Gasteiger partial charge is 0.118 e. The number of methoxy groups -OCH3 is 1. The second-order valence-electron chi connectivity index (χ2n) is 4.86. The molecule has 0 spiro atoms. The number of epoxide rings is 1. The molecule has 0 aromatic heterocycles. The van der Waals surface area contributed by atoms with Gasteiger partial charge in [-0.25, -0.2) is 0 Å². The number of ether oxygens (including phenoxy) is 3. The van der Waals surface area contributed by atoms with Gasteiger partial charge in [-0.2, -0.15) is 0 Å². The molecule has 0 saturated carbocycles. The van der Waals surface area contributed by atoms with Crippen LogP contribution >= 0.6 is 0 Å². The lowest BCUT2D eigenvalue weighted by Crippen LogP contribution is -2.11. The summed E-state index contributed by atoms with van der Waals surface area (Å²) in [5.74, 6) is 0.860. The third kappa shape index (κ3) is 3.18. The lowest BCUT2D eigenvalue weighted by atomic mass is 10.1. The molecule has 2 atom stereocenters. The monoisotopic (exact) mass is 270 g/mol. The van der Waals surface area contributed by atoms with Gasteiger partial charge < -0.3 is 14.2 Å². The van der Waals surface area contributed by atoms with Crippen LogP contribution in [-0.2, 0) is 16.1 Å². The largest absolute Gasteiger partial charge is 0.497 e. The van der Waals surface area contributed by atoms with E-state index < -0.39 is 0 Å². The predicted octanol–water partition coefficient (Wildman–Crippen LogP) is 3.35. The van der Waals surface area contributed by atoms with Crippen molar-refractivity contribution in [2.45, 2.75) is 18.8 Å². The van der Waals surface area contributed by atoms with Gasteiger partial charge in [0.25, 0.3) is 0 Å². The molecule has 20 heavy (non-hydrogen) atoms. The Morgan fingerprint density at radius 1 is 1.10 bits per heavy atom.